The van der Waals surface area contributed by atoms with E-state index in [0.717, 1.165) is 28.7 Å². The third-order valence-corrected chi connectivity index (χ3v) is 8.34. The van der Waals surface area contributed by atoms with Crippen LogP contribution in [0.1, 0.15) is 30.0 Å². The van der Waals surface area contributed by atoms with Gasteiger partial charge in [-0.3, -0.25) is 19.4 Å². The number of carbonyl (C=O) groups is 1. The van der Waals surface area contributed by atoms with Gasteiger partial charge in [0.05, 0.1) is 16.8 Å². The molecule has 8 nitrogen and oxygen atoms in total. The Hall–Kier alpha value is -2.97. The summed E-state index contributed by atoms with van der Waals surface area (Å²) in [5, 5.41) is 18.1. The number of thiazole rings is 1. The van der Waals surface area contributed by atoms with Crippen molar-refractivity contribution in [3.05, 3.63) is 68.8 Å². The molecule has 0 aliphatic carbocycles. The molecule has 0 spiro atoms. The number of hydrogen-bond acceptors (Lipinski definition) is 7. The molecule has 3 rings (SSSR count). The van der Waals surface area contributed by atoms with Gasteiger partial charge in [0.15, 0.2) is 14.6 Å². The van der Waals surface area contributed by atoms with Gasteiger partial charge in [-0.15, -0.1) is 0 Å². The highest BCUT2D eigenvalue weighted by atomic mass is 32.2. The number of benzene rings is 2. The maximum Gasteiger partial charge on any atom is 0.308 e. The van der Waals surface area contributed by atoms with Crippen LogP contribution in [0.15, 0.2) is 47.3 Å². The molecule has 0 unspecified atom stereocenters. The number of aliphatic hydroxyl groups excluding tert-OH is 1. The smallest absolute Gasteiger partial charge is 0.308 e. The lowest BCUT2D eigenvalue weighted by Gasteiger charge is -2.25. The molecular formula is C22H22N2O6S2. The van der Waals surface area contributed by atoms with E-state index in [1.807, 2.05) is 12.1 Å². The summed E-state index contributed by atoms with van der Waals surface area (Å²) in [6.07, 6.45) is 0.731. The monoisotopic (exact) mass is 474 g/mol. The zero-order chi connectivity index (χ0) is 23.5. The molecule has 10 heteroatoms. The first-order chi connectivity index (χ1) is 15.1. The molecule has 32 heavy (non-hydrogen) atoms. The van der Waals surface area contributed by atoms with Crippen molar-refractivity contribution in [2.24, 2.45) is 0 Å². The maximum atomic E-state index is 12.5. The van der Waals surface area contributed by atoms with E-state index in [1.54, 1.807) is 30.3 Å². The van der Waals surface area contributed by atoms with Crippen LogP contribution in [0.3, 0.4) is 0 Å². The largest absolute Gasteiger partial charge is 0.392 e. The SMILES string of the molecule is C[C@@](CCn1c(=O)sc2cc(C#Cc3ccc(CO)cc3)ccc21)(C(=O)NO)S(C)(=O)=O. The molecule has 0 aliphatic rings. The molecule has 3 aromatic rings. The zero-order valence-corrected chi connectivity index (χ0v) is 19.1. The number of nitrogens with one attached hydrogen (secondary N) is 1. The molecule has 0 aliphatic heterocycles. The average molecular weight is 475 g/mol. The second-order valence-corrected chi connectivity index (χ2v) is 10.9. The van der Waals surface area contributed by atoms with Gasteiger partial charge in [0.1, 0.15) is 0 Å². The van der Waals surface area contributed by atoms with Gasteiger partial charge in [0.25, 0.3) is 5.91 Å². The minimum absolute atomic E-state index is 0.0158. The summed E-state index contributed by atoms with van der Waals surface area (Å²) in [6.45, 7) is 1.17. The predicted molar refractivity (Wildman–Crippen MR) is 122 cm³/mol. The van der Waals surface area contributed by atoms with Crippen molar-refractivity contribution in [1.82, 2.24) is 10.0 Å². The van der Waals surface area contributed by atoms with E-state index in [4.69, 9.17) is 10.3 Å². The summed E-state index contributed by atoms with van der Waals surface area (Å²) in [6, 6.07) is 12.5. The highest BCUT2D eigenvalue weighted by molar-refractivity contribution is 7.92. The van der Waals surface area contributed by atoms with Gasteiger partial charge in [-0.25, -0.2) is 13.9 Å². The van der Waals surface area contributed by atoms with Crippen LogP contribution in [0.4, 0.5) is 0 Å². The van der Waals surface area contributed by atoms with Crippen molar-refractivity contribution < 1.29 is 23.5 Å². The van der Waals surface area contributed by atoms with Crippen LogP contribution in [-0.4, -0.2) is 40.2 Å². The summed E-state index contributed by atoms with van der Waals surface area (Å²) >= 11 is 1.00. The van der Waals surface area contributed by atoms with Gasteiger partial charge in [-0.2, -0.15) is 0 Å². The molecule has 1 aromatic heterocycles. The third-order valence-electron chi connectivity index (χ3n) is 5.37. The number of hydrogen-bond donors (Lipinski definition) is 3. The fourth-order valence-electron chi connectivity index (χ4n) is 3.10. The zero-order valence-electron chi connectivity index (χ0n) is 17.5. The number of rotatable bonds is 6. The number of carbonyl (C=O) groups excluding carboxylic acids is 1. The van der Waals surface area contributed by atoms with E-state index in [9.17, 15) is 18.0 Å². The Morgan fingerprint density at radius 2 is 1.78 bits per heavy atom. The molecule has 2 aromatic carbocycles. The second-order valence-electron chi connectivity index (χ2n) is 7.50. The number of aromatic nitrogens is 1. The Morgan fingerprint density at radius 3 is 2.38 bits per heavy atom. The first-order valence-corrected chi connectivity index (χ1v) is 12.3. The van der Waals surface area contributed by atoms with Gasteiger partial charge >= 0.3 is 4.87 Å². The van der Waals surface area contributed by atoms with E-state index in [2.05, 4.69) is 11.8 Å². The van der Waals surface area contributed by atoms with Crippen LogP contribution in [0, 0.1) is 11.8 Å². The summed E-state index contributed by atoms with van der Waals surface area (Å²) in [5.41, 5.74) is 4.31. The highest BCUT2D eigenvalue weighted by Crippen LogP contribution is 2.25. The molecule has 0 radical (unpaired) electrons. The lowest BCUT2D eigenvalue weighted by atomic mass is 10.1. The van der Waals surface area contributed by atoms with Crippen molar-refractivity contribution in [1.29, 1.82) is 0 Å². The van der Waals surface area contributed by atoms with Crippen LogP contribution in [0.5, 0.6) is 0 Å². The Kier molecular flexibility index (Phi) is 6.85. The molecule has 0 bridgehead atoms. The van der Waals surface area contributed by atoms with E-state index in [-0.39, 0.29) is 24.4 Å². The highest BCUT2D eigenvalue weighted by Gasteiger charge is 2.43. The van der Waals surface area contributed by atoms with Gasteiger partial charge in [0.2, 0.25) is 0 Å². The summed E-state index contributed by atoms with van der Waals surface area (Å²) in [7, 11) is -3.86. The molecular weight excluding hydrogens is 452 g/mol. The Balaban J connectivity index is 1.88. The standard InChI is InChI=1S/C22H22N2O6S2/c1-22(20(26)23-28,32(2,29)30)11-12-24-18-10-9-16(13-19(18)31-21(24)27)6-3-15-4-7-17(14-25)8-5-15/h4-5,7-10,13,25,28H,11-12,14H2,1-2H3,(H,23,26)/t22-/m1/s1. The van der Waals surface area contributed by atoms with E-state index < -0.39 is 20.5 Å². The Bertz CT molecular complexity index is 1380. The van der Waals surface area contributed by atoms with Crippen LogP contribution in [-0.2, 0) is 27.8 Å². The third kappa shape index (κ3) is 4.76. The molecule has 1 atom stereocenters. The Labute approximate surface area is 189 Å². The van der Waals surface area contributed by atoms with Crippen molar-refractivity contribution in [3.63, 3.8) is 0 Å². The molecule has 0 fully saturated rings. The summed E-state index contributed by atoms with van der Waals surface area (Å²) < 4.78 is 24.5. The number of amides is 1. The lowest BCUT2D eigenvalue weighted by molar-refractivity contribution is -0.131. The van der Waals surface area contributed by atoms with Crippen molar-refractivity contribution >= 4 is 37.3 Å². The normalized spacial score (nSPS) is 13.2. The molecule has 1 heterocycles. The van der Waals surface area contributed by atoms with Crippen molar-refractivity contribution in [2.45, 2.75) is 31.2 Å². The van der Waals surface area contributed by atoms with Crippen LogP contribution in [0.2, 0.25) is 0 Å². The fourth-order valence-corrected chi connectivity index (χ4v) is 4.91. The first-order valence-electron chi connectivity index (χ1n) is 9.58. The van der Waals surface area contributed by atoms with Gasteiger partial charge in [-0.1, -0.05) is 35.3 Å². The number of nitrogens with zero attached hydrogens (tertiary/aromatic N) is 1. The van der Waals surface area contributed by atoms with E-state index >= 15 is 0 Å². The maximum absolute atomic E-state index is 12.5. The second kappa shape index (κ2) is 9.26. The topological polar surface area (TPSA) is 126 Å². The lowest BCUT2D eigenvalue weighted by Crippen LogP contribution is -2.49. The number of aliphatic hydroxyl groups is 1. The summed E-state index contributed by atoms with van der Waals surface area (Å²) in [4.78, 5) is 24.2. The van der Waals surface area contributed by atoms with Crippen LogP contribution >= 0.6 is 11.3 Å². The molecule has 168 valence electrons. The molecule has 0 saturated carbocycles. The predicted octanol–water partition coefficient (Wildman–Crippen LogP) is 1.65. The fraction of sp³-hybridized carbons (Fsp3) is 0.273. The molecule has 3 N–H and O–H groups in total. The minimum atomic E-state index is -3.86. The van der Waals surface area contributed by atoms with E-state index in [1.165, 1.54) is 17.0 Å². The average Bonchev–Trinajstić information content (AvgIpc) is 3.09. The van der Waals surface area contributed by atoms with E-state index in [0.29, 0.717) is 15.8 Å². The Morgan fingerprint density at radius 1 is 1.16 bits per heavy atom. The van der Waals surface area contributed by atoms with Crippen LogP contribution in [0.25, 0.3) is 10.2 Å². The summed E-state index contributed by atoms with van der Waals surface area (Å²) in [5.74, 6) is 5.03. The van der Waals surface area contributed by atoms with Crippen molar-refractivity contribution in [3.8, 4) is 11.8 Å². The first kappa shape index (κ1) is 23.7. The van der Waals surface area contributed by atoms with Gasteiger partial charge in [0, 0.05) is 23.9 Å². The number of fused-ring (bicyclic) bond motifs is 1. The van der Waals surface area contributed by atoms with Crippen LogP contribution < -0.4 is 10.4 Å². The minimum Gasteiger partial charge on any atom is -0.392 e. The van der Waals surface area contributed by atoms with Gasteiger partial charge < -0.3 is 5.11 Å². The quantitative estimate of drug-likeness (QED) is 0.283. The number of hydroxylamine groups is 1. The van der Waals surface area contributed by atoms with Crippen molar-refractivity contribution in [2.75, 3.05) is 6.26 Å². The number of aryl methyl sites for hydroxylation is 1. The molecule has 1 amide bonds. The molecule has 0 saturated heterocycles. The van der Waals surface area contributed by atoms with Gasteiger partial charge in [-0.05, 0) is 49.2 Å². The number of sulfone groups is 1.